The Morgan fingerprint density at radius 3 is 2.57 bits per heavy atom. The van der Waals surface area contributed by atoms with E-state index in [0.717, 1.165) is 24.6 Å². The van der Waals surface area contributed by atoms with Crippen LogP contribution >= 0.6 is 24.0 Å². The third-order valence-corrected chi connectivity index (χ3v) is 4.28. The van der Waals surface area contributed by atoms with Crippen LogP contribution in [0.2, 0.25) is 0 Å². The smallest absolute Gasteiger partial charge is 0.191 e. The quantitative estimate of drug-likeness (QED) is 0.440. The number of hydrogen-bond acceptors (Lipinski definition) is 2. The summed E-state index contributed by atoms with van der Waals surface area (Å²) in [6.07, 6.45) is 6.35. The van der Waals surface area contributed by atoms with Crippen molar-refractivity contribution in [2.24, 2.45) is 12.0 Å². The average Bonchev–Trinajstić information content (AvgIpc) is 3.24. The van der Waals surface area contributed by atoms with E-state index in [1.54, 1.807) is 7.05 Å². The minimum absolute atomic E-state index is 0. The van der Waals surface area contributed by atoms with Gasteiger partial charge in [0.25, 0.3) is 0 Å². The number of nitrogens with one attached hydrogen (secondary N) is 2. The molecule has 6 heteroatoms. The van der Waals surface area contributed by atoms with Crippen molar-refractivity contribution in [1.29, 1.82) is 0 Å². The summed E-state index contributed by atoms with van der Waals surface area (Å²) in [6.45, 7) is 1.65. The van der Waals surface area contributed by atoms with E-state index in [-0.39, 0.29) is 29.4 Å². The highest BCUT2D eigenvalue weighted by Crippen LogP contribution is 2.47. The average molecular weight is 425 g/mol. The molecule has 1 aliphatic rings. The lowest BCUT2D eigenvalue weighted by molar-refractivity contribution is 0.645. The van der Waals surface area contributed by atoms with Gasteiger partial charge in [0.1, 0.15) is 0 Å². The van der Waals surface area contributed by atoms with E-state index >= 15 is 0 Å². The van der Waals surface area contributed by atoms with Crippen LogP contribution in [0.1, 0.15) is 24.0 Å². The molecule has 1 heterocycles. The minimum Gasteiger partial charge on any atom is -0.356 e. The monoisotopic (exact) mass is 425 g/mol. The molecule has 1 saturated carbocycles. The van der Waals surface area contributed by atoms with Crippen LogP contribution in [0.3, 0.4) is 0 Å². The van der Waals surface area contributed by atoms with Crippen LogP contribution in [0.25, 0.3) is 0 Å². The van der Waals surface area contributed by atoms with E-state index < -0.39 is 0 Å². The summed E-state index contributed by atoms with van der Waals surface area (Å²) in [5.74, 6) is 0.839. The van der Waals surface area contributed by atoms with Gasteiger partial charge in [0.15, 0.2) is 5.96 Å². The molecule has 1 aliphatic carbocycles. The predicted molar refractivity (Wildman–Crippen MR) is 104 cm³/mol. The van der Waals surface area contributed by atoms with Gasteiger partial charge < -0.3 is 10.6 Å². The highest BCUT2D eigenvalue weighted by molar-refractivity contribution is 14.0. The summed E-state index contributed by atoms with van der Waals surface area (Å²) in [5, 5.41) is 11.0. The maximum atomic E-state index is 4.30. The van der Waals surface area contributed by atoms with Gasteiger partial charge in [-0.2, -0.15) is 5.10 Å². The first-order valence-corrected chi connectivity index (χ1v) is 7.69. The molecule has 23 heavy (non-hydrogen) atoms. The van der Waals surface area contributed by atoms with Crippen molar-refractivity contribution in [3.05, 3.63) is 53.9 Å². The zero-order valence-corrected chi connectivity index (χ0v) is 16.0. The molecule has 0 unspecified atom stereocenters. The molecule has 2 aromatic rings. The van der Waals surface area contributed by atoms with Crippen molar-refractivity contribution < 1.29 is 0 Å². The minimum atomic E-state index is 0. The van der Waals surface area contributed by atoms with Gasteiger partial charge in [0, 0.05) is 44.4 Å². The topological polar surface area (TPSA) is 54.2 Å². The summed E-state index contributed by atoms with van der Waals surface area (Å²) in [6, 6.07) is 10.7. The number of rotatable bonds is 5. The van der Waals surface area contributed by atoms with Crippen molar-refractivity contribution >= 4 is 29.9 Å². The molecule has 0 radical (unpaired) electrons. The fourth-order valence-corrected chi connectivity index (χ4v) is 2.73. The lowest BCUT2D eigenvalue weighted by Crippen LogP contribution is -2.40. The van der Waals surface area contributed by atoms with Gasteiger partial charge in [-0.3, -0.25) is 9.67 Å². The van der Waals surface area contributed by atoms with Crippen LogP contribution < -0.4 is 10.6 Å². The van der Waals surface area contributed by atoms with Crippen molar-refractivity contribution in [3.8, 4) is 0 Å². The van der Waals surface area contributed by atoms with Gasteiger partial charge >= 0.3 is 0 Å². The number of halogens is 1. The molecule has 124 valence electrons. The van der Waals surface area contributed by atoms with Crippen LogP contribution in [-0.2, 0) is 19.0 Å². The zero-order chi connectivity index (χ0) is 15.4. The lowest BCUT2D eigenvalue weighted by Gasteiger charge is -2.18. The predicted octanol–water partition coefficient (Wildman–Crippen LogP) is 2.43. The van der Waals surface area contributed by atoms with Crippen molar-refractivity contribution in [2.45, 2.75) is 24.8 Å². The first kappa shape index (κ1) is 17.8. The molecule has 3 rings (SSSR count). The number of hydrogen-bond donors (Lipinski definition) is 2. The summed E-state index contributed by atoms with van der Waals surface area (Å²) in [5.41, 5.74) is 2.85. The van der Waals surface area contributed by atoms with E-state index in [1.807, 2.05) is 24.1 Å². The Morgan fingerprint density at radius 1 is 1.26 bits per heavy atom. The number of aliphatic imine (C=N–C) groups is 1. The molecule has 1 fully saturated rings. The molecule has 0 spiro atoms. The van der Waals surface area contributed by atoms with Gasteiger partial charge in [-0.05, 0) is 18.4 Å². The largest absolute Gasteiger partial charge is 0.356 e. The zero-order valence-electron chi connectivity index (χ0n) is 13.6. The standard InChI is InChI=1S/C17H23N5.HI/c1-18-16(19-10-14-11-21-22(2)12-14)20-13-17(8-9-17)15-6-4-3-5-7-15;/h3-7,11-12H,8-10,13H2,1-2H3,(H2,18,19,20);1H. The van der Waals surface area contributed by atoms with Crippen LogP contribution in [0, 0.1) is 0 Å². The molecule has 1 aromatic carbocycles. The second-order valence-electron chi connectivity index (χ2n) is 5.95. The lowest BCUT2D eigenvalue weighted by atomic mass is 9.96. The van der Waals surface area contributed by atoms with Crippen molar-refractivity contribution in [2.75, 3.05) is 13.6 Å². The molecule has 0 bridgehead atoms. The number of guanidine groups is 1. The fraction of sp³-hybridized carbons (Fsp3) is 0.412. The van der Waals surface area contributed by atoms with Gasteiger partial charge in [-0.25, -0.2) is 0 Å². The summed E-state index contributed by atoms with van der Waals surface area (Å²) >= 11 is 0. The first-order valence-electron chi connectivity index (χ1n) is 7.69. The Morgan fingerprint density at radius 2 is 2.00 bits per heavy atom. The van der Waals surface area contributed by atoms with Crippen molar-refractivity contribution in [1.82, 2.24) is 20.4 Å². The van der Waals surface area contributed by atoms with Gasteiger partial charge in [0.2, 0.25) is 0 Å². The first-order chi connectivity index (χ1) is 10.7. The highest BCUT2D eigenvalue weighted by Gasteiger charge is 2.43. The molecule has 0 saturated heterocycles. The van der Waals surface area contributed by atoms with E-state index in [2.05, 4.69) is 51.1 Å². The molecular weight excluding hydrogens is 401 g/mol. The third-order valence-electron chi connectivity index (χ3n) is 4.28. The Bertz CT molecular complexity index is 646. The summed E-state index contributed by atoms with van der Waals surface area (Å²) in [4.78, 5) is 4.30. The fourth-order valence-electron chi connectivity index (χ4n) is 2.73. The van der Waals surface area contributed by atoms with Crippen LogP contribution in [0.4, 0.5) is 0 Å². The summed E-state index contributed by atoms with van der Waals surface area (Å²) in [7, 11) is 3.73. The number of aryl methyl sites for hydroxylation is 1. The molecule has 0 aliphatic heterocycles. The highest BCUT2D eigenvalue weighted by atomic mass is 127. The van der Waals surface area contributed by atoms with Gasteiger partial charge in [-0.15, -0.1) is 24.0 Å². The Balaban J connectivity index is 0.00000192. The summed E-state index contributed by atoms with van der Waals surface area (Å²) < 4.78 is 1.81. The number of nitrogens with zero attached hydrogens (tertiary/aromatic N) is 3. The molecule has 2 N–H and O–H groups in total. The Hall–Kier alpha value is -1.57. The van der Waals surface area contributed by atoms with Gasteiger partial charge in [-0.1, -0.05) is 30.3 Å². The van der Waals surface area contributed by atoms with Gasteiger partial charge in [0.05, 0.1) is 6.20 Å². The SMILES string of the molecule is CN=C(NCc1cnn(C)c1)NCC1(c2ccccc2)CC1.I. The maximum Gasteiger partial charge on any atom is 0.191 e. The Kier molecular flexibility index (Phi) is 6.04. The molecule has 5 nitrogen and oxygen atoms in total. The number of aromatic nitrogens is 2. The van der Waals surface area contributed by atoms with Crippen LogP contribution in [-0.4, -0.2) is 29.3 Å². The molecule has 0 atom stereocenters. The second-order valence-corrected chi connectivity index (χ2v) is 5.95. The molecule has 1 aromatic heterocycles. The third kappa shape index (κ3) is 4.46. The van der Waals surface area contributed by atoms with Crippen LogP contribution in [0.15, 0.2) is 47.7 Å². The number of benzene rings is 1. The van der Waals surface area contributed by atoms with E-state index in [9.17, 15) is 0 Å². The maximum absolute atomic E-state index is 4.30. The van der Waals surface area contributed by atoms with E-state index in [1.165, 1.54) is 18.4 Å². The molecule has 0 amide bonds. The van der Waals surface area contributed by atoms with Crippen molar-refractivity contribution in [3.63, 3.8) is 0 Å². The second kappa shape index (κ2) is 7.81. The normalized spacial score (nSPS) is 15.7. The van der Waals surface area contributed by atoms with Crippen LogP contribution in [0.5, 0.6) is 0 Å². The van der Waals surface area contributed by atoms with E-state index in [4.69, 9.17) is 0 Å². The Labute approximate surface area is 154 Å². The van der Waals surface area contributed by atoms with E-state index in [0.29, 0.717) is 0 Å². The molecular formula is C17H24IN5.